The average Bonchev–Trinajstić information content (AvgIpc) is 3.42. The molecule has 1 fully saturated rings. The Morgan fingerprint density at radius 2 is 1.85 bits per heavy atom. The van der Waals surface area contributed by atoms with Crippen molar-refractivity contribution in [2.45, 2.75) is 64.7 Å². The number of rotatable bonds is 10. The highest BCUT2D eigenvalue weighted by molar-refractivity contribution is 5.75. The molecule has 0 radical (unpaired) electrons. The number of carbonyl (C=O) groups excluding carboxylic acids is 1. The third-order valence-corrected chi connectivity index (χ3v) is 5.14. The van der Waals surface area contributed by atoms with Crippen LogP contribution in [0.5, 0.6) is 5.75 Å². The summed E-state index contributed by atoms with van der Waals surface area (Å²) in [6.07, 6.45) is 2.93. The van der Waals surface area contributed by atoms with Gasteiger partial charge in [0.05, 0.1) is 19.3 Å². The Hall–Kier alpha value is -1.59. The molecule has 0 aromatic heterocycles. The van der Waals surface area contributed by atoms with E-state index in [4.69, 9.17) is 19.9 Å². The van der Waals surface area contributed by atoms with Crippen LogP contribution in [0.3, 0.4) is 0 Å². The zero-order valence-corrected chi connectivity index (χ0v) is 16.7. The lowest BCUT2D eigenvalue weighted by Crippen LogP contribution is -2.45. The van der Waals surface area contributed by atoms with Gasteiger partial charge in [-0.1, -0.05) is 12.1 Å². The highest BCUT2D eigenvalue weighted by Crippen LogP contribution is 2.35. The first-order valence-electron chi connectivity index (χ1n) is 9.46. The first kappa shape index (κ1) is 20.7. The monoisotopic (exact) mass is 363 g/mol. The molecule has 2 rings (SSSR count). The van der Waals surface area contributed by atoms with Gasteiger partial charge in [0, 0.05) is 5.92 Å². The van der Waals surface area contributed by atoms with E-state index in [1.165, 1.54) is 12.8 Å². The quantitative estimate of drug-likeness (QED) is 0.646. The molecule has 146 valence electrons. The molecule has 0 amide bonds. The second kappa shape index (κ2) is 8.87. The minimum atomic E-state index is -0.630. The van der Waals surface area contributed by atoms with Crippen LogP contribution in [-0.2, 0) is 20.7 Å². The summed E-state index contributed by atoms with van der Waals surface area (Å²) >= 11 is 0. The molecule has 0 heterocycles. The van der Waals surface area contributed by atoms with E-state index in [1.54, 1.807) is 14.0 Å². The summed E-state index contributed by atoms with van der Waals surface area (Å²) in [6.45, 7) is 8.50. The fraction of sp³-hybridized carbons (Fsp3) is 0.667. The SMILES string of the molecule is COc1ccc(C[C@@H]([C@H](C)OC(=O)[C@H](C)N)C(C)(C)OCC2CC2)cc1. The number of benzene rings is 1. The van der Waals surface area contributed by atoms with Crippen molar-refractivity contribution < 1.29 is 19.0 Å². The van der Waals surface area contributed by atoms with E-state index in [9.17, 15) is 4.79 Å². The Labute approximate surface area is 157 Å². The molecule has 3 atom stereocenters. The number of methoxy groups -OCH3 is 1. The van der Waals surface area contributed by atoms with Crippen LogP contribution < -0.4 is 10.5 Å². The van der Waals surface area contributed by atoms with Gasteiger partial charge < -0.3 is 19.9 Å². The Kier molecular flexibility index (Phi) is 7.07. The Balaban J connectivity index is 2.13. The number of carbonyl (C=O) groups is 1. The zero-order valence-electron chi connectivity index (χ0n) is 16.7. The van der Waals surface area contributed by atoms with Crippen LogP contribution in [0.25, 0.3) is 0 Å². The molecule has 0 saturated heterocycles. The standard InChI is InChI=1S/C21H33NO4/c1-14(22)20(23)26-15(2)19(21(3,4)25-13-17-6-7-17)12-16-8-10-18(24-5)11-9-16/h8-11,14-15,17,19H,6-7,12-13,22H2,1-5H3/t14-,15-,19-/m0/s1. The van der Waals surface area contributed by atoms with Crippen molar-refractivity contribution in [3.8, 4) is 5.75 Å². The van der Waals surface area contributed by atoms with Crippen molar-refractivity contribution in [1.82, 2.24) is 0 Å². The molecular weight excluding hydrogens is 330 g/mol. The van der Waals surface area contributed by atoms with Crippen molar-refractivity contribution in [3.63, 3.8) is 0 Å². The average molecular weight is 363 g/mol. The summed E-state index contributed by atoms with van der Waals surface area (Å²) in [4.78, 5) is 12.0. The summed E-state index contributed by atoms with van der Waals surface area (Å²) in [6, 6.07) is 7.35. The maximum absolute atomic E-state index is 12.0. The molecule has 5 nitrogen and oxygen atoms in total. The Morgan fingerprint density at radius 3 is 2.35 bits per heavy atom. The molecular formula is C21H33NO4. The van der Waals surface area contributed by atoms with E-state index in [2.05, 4.69) is 13.8 Å². The molecule has 0 spiro atoms. The Morgan fingerprint density at radius 1 is 1.23 bits per heavy atom. The highest BCUT2D eigenvalue weighted by Gasteiger charge is 2.38. The van der Waals surface area contributed by atoms with Gasteiger partial charge in [-0.2, -0.15) is 0 Å². The first-order chi connectivity index (χ1) is 12.2. The zero-order chi connectivity index (χ0) is 19.3. The van der Waals surface area contributed by atoms with Crippen molar-refractivity contribution in [1.29, 1.82) is 0 Å². The van der Waals surface area contributed by atoms with Gasteiger partial charge in [0.25, 0.3) is 0 Å². The van der Waals surface area contributed by atoms with Gasteiger partial charge >= 0.3 is 5.97 Å². The number of hydrogen-bond acceptors (Lipinski definition) is 5. The molecule has 0 unspecified atom stereocenters. The number of ether oxygens (including phenoxy) is 3. The maximum Gasteiger partial charge on any atom is 0.322 e. The predicted octanol–water partition coefficient (Wildman–Crippen LogP) is 3.34. The number of nitrogens with two attached hydrogens (primary N) is 1. The summed E-state index contributed by atoms with van der Waals surface area (Å²) in [5, 5.41) is 0. The van der Waals surface area contributed by atoms with Crippen LogP contribution in [0.2, 0.25) is 0 Å². The normalized spacial score (nSPS) is 18.1. The van der Waals surface area contributed by atoms with Crippen LogP contribution in [0.1, 0.15) is 46.1 Å². The summed E-state index contributed by atoms with van der Waals surface area (Å²) in [7, 11) is 1.65. The van der Waals surface area contributed by atoms with Crippen molar-refractivity contribution >= 4 is 5.97 Å². The van der Waals surface area contributed by atoms with E-state index in [0.29, 0.717) is 5.92 Å². The molecule has 1 aliphatic carbocycles. The molecule has 1 aromatic carbocycles. The fourth-order valence-electron chi connectivity index (χ4n) is 3.09. The largest absolute Gasteiger partial charge is 0.497 e. The molecule has 5 heteroatoms. The van der Waals surface area contributed by atoms with Gasteiger partial charge in [-0.15, -0.1) is 0 Å². The van der Waals surface area contributed by atoms with E-state index in [0.717, 1.165) is 24.3 Å². The fourth-order valence-corrected chi connectivity index (χ4v) is 3.09. The maximum atomic E-state index is 12.0. The second-order valence-electron chi connectivity index (χ2n) is 7.95. The van der Waals surface area contributed by atoms with Crippen molar-refractivity contribution in [2.75, 3.05) is 13.7 Å². The van der Waals surface area contributed by atoms with E-state index in [-0.39, 0.29) is 18.0 Å². The third-order valence-electron chi connectivity index (χ3n) is 5.14. The second-order valence-corrected chi connectivity index (χ2v) is 7.95. The van der Waals surface area contributed by atoms with Crippen LogP contribution >= 0.6 is 0 Å². The highest BCUT2D eigenvalue weighted by atomic mass is 16.5. The summed E-state index contributed by atoms with van der Waals surface area (Å²) in [5.74, 6) is 1.14. The lowest BCUT2D eigenvalue weighted by Gasteiger charge is -2.38. The molecule has 2 N–H and O–H groups in total. The van der Waals surface area contributed by atoms with E-state index < -0.39 is 11.6 Å². The first-order valence-corrected chi connectivity index (χ1v) is 9.46. The summed E-state index contributed by atoms with van der Waals surface area (Å²) < 4.78 is 17.1. The van der Waals surface area contributed by atoms with Crippen molar-refractivity contribution in [3.05, 3.63) is 29.8 Å². The van der Waals surface area contributed by atoms with Gasteiger partial charge in [-0.3, -0.25) is 4.79 Å². The van der Waals surface area contributed by atoms with Crippen LogP contribution in [0, 0.1) is 11.8 Å². The van der Waals surface area contributed by atoms with Gasteiger partial charge in [-0.05, 0) is 70.6 Å². The molecule has 26 heavy (non-hydrogen) atoms. The smallest absolute Gasteiger partial charge is 0.322 e. The van der Waals surface area contributed by atoms with Crippen molar-refractivity contribution in [2.24, 2.45) is 17.6 Å². The number of hydrogen-bond donors (Lipinski definition) is 1. The minimum absolute atomic E-state index is 0.0114. The van der Waals surface area contributed by atoms with E-state index in [1.807, 2.05) is 31.2 Å². The Bertz CT molecular complexity index is 578. The van der Waals surface area contributed by atoms with Gasteiger partial charge in [-0.25, -0.2) is 0 Å². The van der Waals surface area contributed by atoms with Gasteiger partial charge in [0.2, 0.25) is 0 Å². The van der Waals surface area contributed by atoms with Crippen LogP contribution in [0.15, 0.2) is 24.3 Å². The third kappa shape index (κ3) is 5.99. The molecule has 1 aliphatic rings. The number of esters is 1. The molecule has 0 aliphatic heterocycles. The minimum Gasteiger partial charge on any atom is -0.497 e. The topological polar surface area (TPSA) is 70.8 Å². The van der Waals surface area contributed by atoms with E-state index >= 15 is 0 Å². The lowest BCUT2D eigenvalue weighted by atomic mass is 9.81. The molecule has 0 bridgehead atoms. The van der Waals surface area contributed by atoms with Crippen LogP contribution in [0.4, 0.5) is 0 Å². The lowest BCUT2D eigenvalue weighted by molar-refractivity contribution is -0.160. The predicted molar refractivity (Wildman–Crippen MR) is 102 cm³/mol. The molecule has 1 aromatic rings. The van der Waals surface area contributed by atoms with Gasteiger partial charge in [0.15, 0.2) is 0 Å². The molecule has 1 saturated carbocycles. The van der Waals surface area contributed by atoms with Crippen LogP contribution in [-0.4, -0.2) is 37.4 Å². The summed E-state index contributed by atoms with van der Waals surface area (Å²) in [5.41, 5.74) is 6.40. The van der Waals surface area contributed by atoms with Gasteiger partial charge in [0.1, 0.15) is 17.9 Å².